The van der Waals surface area contributed by atoms with Crippen LogP contribution in [0.2, 0.25) is 0 Å². The molecule has 3 heterocycles. The summed E-state index contributed by atoms with van der Waals surface area (Å²) in [4.78, 5) is 27.6. The number of para-hydroxylation sites is 2. The van der Waals surface area contributed by atoms with Gasteiger partial charge in [-0.15, -0.1) is 11.3 Å². The summed E-state index contributed by atoms with van der Waals surface area (Å²) in [5.41, 5.74) is 2.56. The highest BCUT2D eigenvalue weighted by molar-refractivity contribution is 7.46. The van der Waals surface area contributed by atoms with Gasteiger partial charge in [-0.3, -0.25) is 4.48 Å². The maximum atomic E-state index is 11.7. The van der Waals surface area contributed by atoms with Crippen molar-refractivity contribution >= 4 is 41.4 Å². The Kier molecular flexibility index (Phi) is 6.03. The number of nitrogens with zero attached hydrogens (tertiary/aromatic N) is 3. The van der Waals surface area contributed by atoms with Gasteiger partial charge in [0.25, 0.3) is 0 Å². The molecular formula is C22H32N4O4PS+. The van der Waals surface area contributed by atoms with Crippen LogP contribution in [0.3, 0.4) is 0 Å². The van der Waals surface area contributed by atoms with Crippen LogP contribution < -0.4 is 5.32 Å². The molecule has 0 bridgehead atoms. The number of fused-ring (bicyclic) bond motifs is 2. The maximum absolute atomic E-state index is 11.7. The number of nitrogens with one attached hydrogen (secondary N) is 1. The number of hydrogen-bond acceptors (Lipinski definition) is 6. The summed E-state index contributed by atoms with van der Waals surface area (Å²) in [6, 6.07) is 10.2. The molecule has 1 fully saturated rings. The Hall–Kier alpha value is -1.74. The number of amidine groups is 1. The van der Waals surface area contributed by atoms with Crippen LogP contribution in [0.4, 0.5) is 16.4 Å². The number of rotatable bonds is 3. The van der Waals surface area contributed by atoms with Crippen molar-refractivity contribution in [3.05, 3.63) is 40.8 Å². The molecule has 0 aliphatic carbocycles. The van der Waals surface area contributed by atoms with Crippen molar-refractivity contribution in [3.8, 4) is 0 Å². The van der Waals surface area contributed by atoms with Gasteiger partial charge in [-0.25, -0.2) is 14.1 Å². The molecule has 2 aliphatic heterocycles. The smallest absolute Gasteiger partial charge is 0.345 e. The summed E-state index contributed by atoms with van der Waals surface area (Å²) < 4.78 is 17.5. The molecule has 2 aliphatic rings. The van der Waals surface area contributed by atoms with E-state index in [0.717, 1.165) is 27.8 Å². The minimum Gasteiger partial charge on any atom is -0.345 e. The quantitative estimate of drug-likeness (QED) is 0.445. The van der Waals surface area contributed by atoms with Crippen molar-refractivity contribution < 1.29 is 23.4 Å². The first-order chi connectivity index (χ1) is 14.9. The lowest BCUT2D eigenvalue weighted by Gasteiger charge is -2.50. The lowest BCUT2D eigenvalue weighted by Crippen LogP contribution is -2.66. The van der Waals surface area contributed by atoms with Gasteiger partial charge in [0.2, 0.25) is 6.23 Å². The average Bonchev–Trinajstić information content (AvgIpc) is 2.97. The van der Waals surface area contributed by atoms with Crippen LogP contribution in [0, 0.1) is 12.3 Å². The monoisotopic (exact) mass is 479 g/mol. The summed E-state index contributed by atoms with van der Waals surface area (Å²) >= 11 is 1.72. The Labute approximate surface area is 193 Å². The third-order valence-corrected chi connectivity index (χ3v) is 7.52. The lowest BCUT2D eigenvalue weighted by atomic mass is 9.91. The summed E-state index contributed by atoms with van der Waals surface area (Å²) in [5.74, 6) is 0.941. The van der Waals surface area contributed by atoms with Crippen LogP contribution >= 0.6 is 19.2 Å². The fourth-order valence-corrected chi connectivity index (χ4v) is 6.42. The number of quaternary nitrogens is 1. The van der Waals surface area contributed by atoms with Gasteiger partial charge in [0.15, 0.2) is 0 Å². The second kappa shape index (κ2) is 8.24. The predicted molar refractivity (Wildman–Crippen MR) is 129 cm³/mol. The standard InChI is InChI=1S/C22H31N4O4PS/c1-15-14-16-19(23-17-8-6-7-9-18(17)24-20(16)32-15)25-10-12-26(5,13-11-25)21(22(2,3)4)30-31(27,28)29/h6-9,14,21,24H,10-13H2,1-5H3,(H-,27,28,29)/p+1. The summed E-state index contributed by atoms with van der Waals surface area (Å²) in [7, 11) is -2.59. The van der Waals surface area contributed by atoms with Crippen LogP contribution in [0.15, 0.2) is 35.3 Å². The van der Waals surface area contributed by atoms with Gasteiger partial charge in [0, 0.05) is 10.3 Å². The van der Waals surface area contributed by atoms with Crippen LogP contribution in [-0.4, -0.2) is 64.5 Å². The first kappa shape index (κ1) is 23.4. The number of aryl methyl sites for hydroxylation is 1. The molecule has 1 saturated heterocycles. The van der Waals surface area contributed by atoms with E-state index in [1.165, 1.54) is 4.88 Å². The van der Waals surface area contributed by atoms with Crippen LogP contribution in [0.1, 0.15) is 31.2 Å². The molecule has 32 heavy (non-hydrogen) atoms. The van der Waals surface area contributed by atoms with Crippen LogP contribution in [-0.2, 0) is 9.09 Å². The molecule has 174 valence electrons. The predicted octanol–water partition coefficient (Wildman–Crippen LogP) is 4.44. The molecule has 1 aromatic heterocycles. The van der Waals surface area contributed by atoms with Crippen molar-refractivity contribution in [1.82, 2.24) is 4.90 Å². The molecule has 0 amide bonds. The van der Waals surface area contributed by atoms with E-state index >= 15 is 0 Å². The highest BCUT2D eigenvalue weighted by Gasteiger charge is 2.48. The topological polar surface area (TPSA) is 94.4 Å². The highest BCUT2D eigenvalue weighted by atomic mass is 32.1. The Bertz CT molecular complexity index is 1080. The van der Waals surface area contributed by atoms with Gasteiger partial charge >= 0.3 is 7.82 Å². The molecule has 2 aromatic rings. The molecule has 10 heteroatoms. The molecule has 1 unspecified atom stereocenters. The second-order valence-corrected chi connectivity index (χ2v) is 12.4. The van der Waals surface area contributed by atoms with Crippen molar-refractivity contribution in [1.29, 1.82) is 0 Å². The fourth-order valence-electron chi connectivity index (χ4n) is 4.69. The molecule has 1 atom stereocenters. The SMILES string of the molecule is Cc1cc2c(s1)Nc1ccccc1N=C2N1CC[N+](C)(C(OP(=O)(O)O)C(C)(C)C)CC1. The number of aliphatic imine (C=N–C) groups is 1. The molecule has 8 nitrogen and oxygen atoms in total. The van der Waals surface area contributed by atoms with E-state index in [1.54, 1.807) is 11.3 Å². The first-order valence-corrected chi connectivity index (χ1v) is 13.1. The van der Waals surface area contributed by atoms with Gasteiger partial charge in [-0.1, -0.05) is 32.9 Å². The number of hydrogen-bond donors (Lipinski definition) is 3. The van der Waals surface area contributed by atoms with E-state index in [1.807, 2.05) is 52.1 Å². The maximum Gasteiger partial charge on any atom is 0.474 e. The Morgan fingerprint density at radius 2 is 1.91 bits per heavy atom. The number of anilines is 2. The minimum absolute atomic E-state index is 0.432. The van der Waals surface area contributed by atoms with Gasteiger partial charge in [-0.2, -0.15) is 0 Å². The second-order valence-electron chi connectivity index (χ2n) is 9.91. The molecule has 3 N–H and O–H groups in total. The molecule has 4 rings (SSSR count). The molecule has 0 radical (unpaired) electrons. The fraction of sp³-hybridized carbons (Fsp3) is 0.500. The molecule has 1 aromatic carbocycles. The van der Waals surface area contributed by atoms with Crippen molar-refractivity contribution in [2.45, 2.75) is 33.9 Å². The number of phosphoric ester groups is 1. The van der Waals surface area contributed by atoms with Gasteiger partial charge in [-0.05, 0) is 25.1 Å². The normalized spacial score (nSPS) is 19.3. The zero-order valence-electron chi connectivity index (χ0n) is 19.2. The Morgan fingerprint density at radius 3 is 2.53 bits per heavy atom. The summed E-state index contributed by atoms with van der Waals surface area (Å²) in [6.07, 6.45) is -0.622. The van der Waals surface area contributed by atoms with Crippen LogP contribution in [0.25, 0.3) is 0 Å². The average molecular weight is 480 g/mol. The van der Waals surface area contributed by atoms with Gasteiger partial charge in [0.05, 0.1) is 50.2 Å². The van der Waals surface area contributed by atoms with Gasteiger partial charge in [0.1, 0.15) is 10.8 Å². The van der Waals surface area contributed by atoms with E-state index in [4.69, 9.17) is 9.52 Å². The Morgan fingerprint density at radius 1 is 1.25 bits per heavy atom. The number of likely N-dealkylation sites (N-methyl/N-ethyl adjacent to an activating group) is 1. The molecular weight excluding hydrogens is 447 g/mol. The number of piperazine rings is 1. The summed E-state index contributed by atoms with van der Waals surface area (Å²) in [6.45, 7) is 10.8. The number of benzene rings is 1. The van der Waals surface area contributed by atoms with Crippen molar-refractivity contribution in [2.75, 3.05) is 38.5 Å². The molecule has 0 saturated carbocycles. The highest BCUT2D eigenvalue weighted by Crippen LogP contribution is 2.45. The van der Waals surface area contributed by atoms with E-state index in [-0.39, 0.29) is 0 Å². The zero-order valence-corrected chi connectivity index (χ0v) is 20.9. The van der Waals surface area contributed by atoms with Crippen molar-refractivity contribution in [2.24, 2.45) is 10.4 Å². The van der Waals surface area contributed by atoms with E-state index < -0.39 is 19.5 Å². The zero-order chi connectivity index (χ0) is 23.3. The lowest BCUT2D eigenvalue weighted by molar-refractivity contribution is -0.961. The van der Waals surface area contributed by atoms with E-state index in [2.05, 4.69) is 23.2 Å². The Balaban J connectivity index is 1.63. The number of phosphoric acid groups is 1. The summed E-state index contributed by atoms with van der Waals surface area (Å²) in [5, 5.41) is 4.63. The van der Waals surface area contributed by atoms with Gasteiger partial charge < -0.3 is 20.0 Å². The minimum atomic E-state index is -4.61. The first-order valence-electron chi connectivity index (χ1n) is 10.7. The van der Waals surface area contributed by atoms with E-state index in [9.17, 15) is 14.4 Å². The van der Waals surface area contributed by atoms with Crippen molar-refractivity contribution in [3.63, 3.8) is 0 Å². The van der Waals surface area contributed by atoms with Crippen LogP contribution in [0.5, 0.6) is 0 Å². The largest absolute Gasteiger partial charge is 0.474 e. The van der Waals surface area contributed by atoms with E-state index in [0.29, 0.717) is 30.7 Å². The molecule has 0 spiro atoms. The number of thiophene rings is 1. The third kappa shape index (κ3) is 4.78. The third-order valence-electron chi connectivity index (χ3n) is 6.08.